The minimum absolute atomic E-state index is 0.0795. The molecule has 0 aliphatic carbocycles. The average Bonchev–Trinajstić information content (AvgIpc) is 3.07. The normalized spacial score (nSPS) is 12.4. The first-order chi connectivity index (χ1) is 22.3. The zero-order chi connectivity index (χ0) is 32.4. The van der Waals surface area contributed by atoms with E-state index in [4.69, 9.17) is 14.2 Å². The smallest absolute Gasteiger partial charge is 0.264 e. The Hall–Kier alpha value is -5.43. The lowest BCUT2D eigenvalue weighted by atomic mass is 10.1. The number of nitrogens with zero attached hydrogens (tertiary/aromatic N) is 2. The van der Waals surface area contributed by atoms with Crippen molar-refractivity contribution in [2.75, 3.05) is 37.2 Å². The number of ether oxygens (including phenoxy) is 3. The molecule has 1 aliphatic rings. The van der Waals surface area contributed by atoms with Crippen LogP contribution in [0.5, 0.6) is 17.2 Å². The molecule has 0 radical (unpaired) electrons. The van der Waals surface area contributed by atoms with Crippen LogP contribution in [0.2, 0.25) is 0 Å². The van der Waals surface area contributed by atoms with Crippen molar-refractivity contribution in [3.63, 3.8) is 0 Å². The lowest BCUT2D eigenvalue weighted by Gasteiger charge is -2.25. The molecule has 5 rings (SSSR count). The third-order valence-electron chi connectivity index (χ3n) is 6.74. The van der Waals surface area contributed by atoms with Crippen LogP contribution in [0, 0.1) is 5.82 Å². The molecule has 0 saturated heterocycles. The van der Waals surface area contributed by atoms with E-state index in [1.54, 1.807) is 24.3 Å². The molecule has 4 aromatic carbocycles. The maximum Gasteiger partial charge on any atom is 0.264 e. The fourth-order valence-corrected chi connectivity index (χ4v) is 5.86. The lowest BCUT2D eigenvalue weighted by Crippen LogP contribution is -2.39. The molecule has 4 aromatic rings. The van der Waals surface area contributed by atoms with Gasteiger partial charge in [0.25, 0.3) is 21.8 Å². The van der Waals surface area contributed by atoms with Gasteiger partial charge in [-0.1, -0.05) is 30.3 Å². The van der Waals surface area contributed by atoms with Gasteiger partial charge in [0.05, 0.1) is 16.8 Å². The minimum Gasteiger partial charge on any atom is -0.486 e. The molecule has 0 fully saturated rings. The SMILES string of the molecule is O=C(COc1ccc(/C=N\NC(=O)CN(c2ccc(F)cc2)S(=O)(=O)c2ccc3c(c2)OCCO3)cc1)NCCc1ccccc1. The Morgan fingerprint density at radius 1 is 0.891 bits per heavy atom. The van der Waals surface area contributed by atoms with Crippen molar-refractivity contribution in [2.45, 2.75) is 11.3 Å². The number of fused-ring (bicyclic) bond motifs is 1. The van der Waals surface area contributed by atoms with E-state index in [1.165, 1.54) is 36.5 Å². The van der Waals surface area contributed by atoms with Gasteiger partial charge in [0.2, 0.25) is 0 Å². The summed E-state index contributed by atoms with van der Waals surface area (Å²) in [4.78, 5) is 24.8. The number of benzene rings is 4. The van der Waals surface area contributed by atoms with E-state index in [-0.39, 0.29) is 35.5 Å². The highest BCUT2D eigenvalue weighted by Gasteiger charge is 2.29. The number of rotatable bonds is 13. The molecule has 0 aromatic heterocycles. The molecule has 0 bridgehead atoms. The number of hydrogen-bond donors (Lipinski definition) is 2. The molecular formula is C33H31FN4O7S. The monoisotopic (exact) mass is 646 g/mol. The van der Waals surface area contributed by atoms with Crippen molar-refractivity contribution in [3.8, 4) is 17.2 Å². The quantitative estimate of drug-likeness (QED) is 0.167. The van der Waals surface area contributed by atoms with Crippen molar-refractivity contribution < 1.29 is 36.6 Å². The maximum absolute atomic E-state index is 13.7. The van der Waals surface area contributed by atoms with Crippen LogP contribution in [0.1, 0.15) is 11.1 Å². The number of sulfonamides is 1. The summed E-state index contributed by atoms with van der Waals surface area (Å²) in [6.07, 6.45) is 2.09. The molecule has 0 unspecified atom stereocenters. The molecule has 46 heavy (non-hydrogen) atoms. The fourth-order valence-electron chi connectivity index (χ4n) is 4.42. The number of hydrazone groups is 1. The summed E-state index contributed by atoms with van der Waals surface area (Å²) in [6.45, 7) is 0.326. The summed E-state index contributed by atoms with van der Waals surface area (Å²) >= 11 is 0. The summed E-state index contributed by atoms with van der Waals surface area (Å²) in [5, 5.41) is 6.74. The number of anilines is 1. The minimum atomic E-state index is -4.29. The standard InChI is InChI=1S/C33H31FN4O7S/c34-26-8-10-27(11-9-26)38(46(41,42)29-14-15-30-31(20-29)44-19-18-43-30)22-32(39)37-36-21-25-6-12-28(13-7-25)45-23-33(40)35-17-16-24-4-2-1-3-5-24/h1-15,20-21H,16-19,22-23H2,(H,35,40)(H,37,39)/b36-21-. The third kappa shape index (κ3) is 8.60. The Balaban J connectivity index is 1.15. The highest BCUT2D eigenvalue weighted by molar-refractivity contribution is 7.92. The van der Waals surface area contributed by atoms with Crippen LogP contribution in [0.3, 0.4) is 0 Å². The Morgan fingerprint density at radius 3 is 2.35 bits per heavy atom. The second kappa shape index (κ2) is 15.0. The third-order valence-corrected chi connectivity index (χ3v) is 8.50. The van der Waals surface area contributed by atoms with Gasteiger partial charge in [0.15, 0.2) is 18.1 Å². The van der Waals surface area contributed by atoms with Gasteiger partial charge in [-0.15, -0.1) is 0 Å². The van der Waals surface area contributed by atoms with Gasteiger partial charge < -0.3 is 19.5 Å². The van der Waals surface area contributed by atoms with Crippen LogP contribution in [0.15, 0.2) is 107 Å². The maximum atomic E-state index is 13.7. The van der Waals surface area contributed by atoms with Crippen molar-refractivity contribution in [3.05, 3.63) is 114 Å². The van der Waals surface area contributed by atoms with Gasteiger partial charge in [-0.3, -0.25) is 13.9 Å². The number of halogens is 1. The molecule has 1 heterocycles. The van der Waals surface area contributed by atoms with Crippen LogP contribution in [0.25, 0.3) is 0 Å². The molecular weight excluding hydrogens is 615 g/mol. The van der Waals surface area contributed by atoms with Crippen LogP contribution < -0.4 is 29.3 Å². The zero-order valence-corrected chi connectivity index (χ0v) is 25.4. The Kier molecular flexibility index (Phi) is 10.5. The van der Waals surface area contributed by atoms with Crippen molar-refractivity contribution in [1.29, 1.82) is 0 Å². The van der Waals surface area contributed by atoms with E-state index in [2.05, 4.69) is 15.8 Å². The number of amides is 2. The van der Waals surface area contributed by atoms with Gasteiger partial charge >= 0.3 is 0 Å². The first kappa shape index (κ1) is 32.0. The summed E-state index contributed by atoms with van der Waals surface area (Å²) in [7, 11) is -4.29. The molecule has 13 heteroatoms. The van der Waals surface area contributed by atoms with Gasteiger partial charge in [-0.05, 0) is 78.2 Å². The number of carbonyl (C=O) groups excluding carboxylic acids is 2. The number of nitrogens with one attached hydrogen (secondary N) is 2. The Labute approximate surface area is 265 Å². The average molecular weight is 647 g/mol. The molecule has 2 N–H and O–H groups in total. The van der Waals surface area contributed by atoms with Gasteiger partial charge in [0.1, 0.15) is 31.3 Å². The predicted octanol–water partition coefficient (Wildman–Crippen LogP) is 3.68. The highest BCUT2D eigenvalue weighted by atomic mass is 32.2. The van der Waals surface area contributed by atoms with Gasteiger partial charge in [0, 0.05) is 12.6 Å². The topological polar surface area (TPSA) is 136 Å². The second-order valence-electron chi connectivity index (χ2n) is 10.0. The van der Waals surface area contributed by atoms with Crippen LogP contribution in [0.4, 0.5) is 10.1 Å². The van der Waals surface area contributed by atoms with Gasteiger partial charge in [-0.25, -0.2) is 18.2 Å². The van der Waals surface area contributed by atoms with Crippen LogP contribution >= 0.6 is 0 Å². The largest absolute Gasteiger partial charge is 0.486 e. The zero-order valence-electron chi connectivity index (χ0n) is 24.6. The first-order valence-corrected chi connectivity index (χ1v) is 15.8. The summed E-state index contributed by atoms with van der Waals surface area (Å²) in [5.41, 5.74) is 4.14. The summed E-state index contributed by atoms with van der Waals surface area (Å²) < 4.78 is 58.3. The highest BCUT2D eigenvalue weighted by Crippen LogP contribution is 2.34. The van der Waals surface area contributed by atoms with Crippen molar-refractivity contribution in [1.82, 2.24) is 10.7 Å². The predicted molar refractivity (Wildman–Crippen MR) is 169 cm³/mol. The molecule has 0 spiro atoms. The first-order valence-electron chi connectivity index (χ1n) is 14.3. The lowest BCUT2D eigenvalue weighted by molar-refractivity contribution is -0.123. The number of carbonyl (C=O) groups is 2. The Morgan fingerprint density at radius 2 is 1.61 bits per heavy atom. The Bertz CT molecular complexity index is 1790. The van der Waals surface area contributed by atoms with Crippen LogP contribution in [-0.4, -0.2) is 59.4 Å². The number of hydrogen-bond acceptors (Lipinski definition) is 8. The molecule has 2 amide bonds. The van der Waals surface area contributed by atoms with Crippen molar-refractivity contribution >= 4 is 33.7 Å². The van der Waals surface area contributed by atoms with Gasteiger partial charge in [-0.2, -0.15) is 5.10 Å². The fraction of sp³-hybridized carbons (Fsp3) is 0.182. The van der Waals surface area contributed by atoms with E-state index in [0.717, 1.165) is 28.4 Å². The molecule has 238 valence electrons. The van der Waals surface area contributed by atoms with E-state index >= 15 is 0 Å². The van der Waals surface area contributed by atoms with E-state index in [0.29, 0.717) is 30.2 Å². The second-order valence-corrected chi connectivity index (χ2v) is 11.9. The molecule has 0 saturated carbocycles. The van der Waals surface area contributed by atoms with Crippen LogP contribution in [-0.2, 0) is 26.0 Å². The summed E-state index contributed by atoms with van der Waals surface area (Å²) in [5.74, 6) is -0.397. The summed E-state index contributed by atoms with van der Waals surface area (Å²) in [6, 6.07) is 25.4. The van der Waals surface area contributed by atoms with E-state index in [1.807, 2.05) is 30.3 Å². The van der Waals surface area contributed by atoms with E-state index < -0.39 is 28.3 Å². The molecule has 11 nitrogen and oxygen atoms in total. The molecule has 0 atom stereocenters. The van der Waals surface area contributed by atoms with E-state index in [9.17, 15) is 22.4 Å². The molecule has 1 aliphatic heterocycles. The van der Waals surface area contributed by atoms with Crippen molar-refractivity contribution in [2.24, 2.45) is 5.10 Å².